The molecule has 1 aliphatic heterocycles. The standard InChI is InChI=1S/C26H33N3O2/c1-28(2)26(22-11-7-4-8-12-22)15-13-25(14-16-26)17-24(31)29(20-25)19-23(30)27-18-21-9-5-3-6-10-21/h3-12H,13-20H2,1-2H3,(H,27,30)/t25-,26-. The van der Waals surface area contributed by atoms with Crippen LogP contribution >= 0.6 is 0 Å². The van der Waals surface area contributed by atoms with Gasteiger partial charge in [-0.25, -0.2) is 0 Å². The van der Waals surface area contributed by atoms with E-state index in [1.807, 2.05) is 30.3 Å². The highest BCUT2D eigenvalue weighted by Crippen LogP contribution is 2.52. The summed E-state index contributed by atoms with van der Waals surface area (Å²) in [7, 11) is 4.32. The second kappa shape index (κ2) is 8.83. The van der Waals surface area contributed by atoms with Crippen LogP contribution in [0.3, 0.4) is 0 Å². The van der Waals surface area contributed by atoms with Crippen molar-refractivity contribution in [1.29, 1.82) is 0 Å². The quantitative estimate of drug-likeness (QED) is 0.779. The van der Waals surface area contributed by atoms with E-state index in [9.17, 15) is 9.59 Å². The molecule has 0 unspecified atom stereocenters. The third-order valence-electron chi connectivity index (χ3n) is 7.38. The molecule has 1 saturated carbocycles. The summed E-state index contributed by atoms with van der Waals surface area (Å²) >= 11 is 0. The fourth-order valence-corrected chi connectivity index (χ4v) is 5.42. The smallest absolute Gasteiger partial charge is 0.239 e. The molecule has 5 nitrogen and oxygen atoms in total. The van der Waals surface area contributed by atoms with Crippen molar-refractivity contribution in [2.45, 2.75) is 44.2 Å². The monoisotopic (exact) mass is 419 g/mol. The van der Waals surface area contributed by atoms with Gasteiger partial charge in [0.1, 0.15) is 0 Å². The van der Waals surface area contributed by atoms with Crippen LogP contribution in [0.4, 0.5) is 0 Å². The van der Waals surface area contributed by atoms with Crippen LogP contribution in [0.1, 0.15) is 43.2 Å². The lowest BCUT2D eigenvalue weighted by Crippen LogP contribution is -2.47. The summed E-state index contributed by atoms with van der Waals surface area (Å²) in [6, 6.07) is 20.6. The number of nitrogens with one attached hydrogen (secondary N) is 1. The summed E-state index contributed by atoms with van der Waals surface area (Å²) in [6.45, 7) is 1.35. The van der Waals surface area contributed by atoms with Gasteiger partial charge in [-0.15, -0.1) is 0 Å². The Bertz CT molecular complexity index is 903. The van der Waals surface area contributed by atoms with Crippen LogP contribution < -0.4 is 5.32 Å². The molecule has 2 fully saturated rings. The molecule has 2 aromatic rings. The van der Waals surface area contributed by atoms with Crippen molar-refractivity contribution in [2.75, 3.05) is 27.2 Å². The number of amides is 2. The molecule has 0 bridgehead atoms. The van der Waals surface area contributed by atoms with Gasteiger partial charge < -0.3 is 10.2 Å². The Balaban J connectivity index is 1.36. The van der Waals surface area contributed by atoms with Crippen LogP contribution in [0.15, 0.2) is 60.7 Å². The van der Waals surface area contributed by atoms with Crippen molar-refractivity contribution >= 4 is 11.8 Å². The Morgan fingerprint density at radius 2 is 1.58 bits per heavy atom. The van der Waals surface area contributed by atoms with Gasteiger partial charge in [-0.1, -0.05) is 60.7 Å². The first kappa shape index (κ1) is 21.6. The van der Waals surface area contributed by atoms with E-state index in [1.165, 1.54) is 5.56 Å². The molecule has 2 aliphatic rings. The molecule has 1 spiro atoms. The lowest BCUT2D eigenvalue weighted by molar-refractivity contribution is -0.133. The number of rotatable bonds is 6. The number of benzene rings is 2. The fourth-order valence-electron chi connectivity index (χ4n) is 5.42. The number of likely N-dealkylation sites (tertiary alicyclic amines) is 1. The molecule has 0 radical (unpaired) electrons. The predicted molar refractivity (Wildman–Crippen MR) is 122 cm³/mol. The van der Waals surface area contributed by atoms with Gasteiger partial charge in [-0.3, -0.25) is 14.5 Å². The minimum atomic E-state index is -0.0861. The normalized spacial score (nSPS) is 25.9. The number of nitrogens with zero attached hydrogens (tertiary/aromatic N) is 2. The Morgan fingerprint density at radius 3 is 2.19 bits per heavy atom. The summed E-state index contributed by atoms with van der Waals surface area (Å²) < 4.78 is 0. The van der Waals surface area contributed by atoms with Crippen molar-refractivity contribution in [3.63, 3.8) is 0 Å². The molecular formula is C26H33N3O2. The van der Waals surface area contributed by atoms with E-state index in [-0.39, 0.29) is 29.3 Å². The Hall–Kier alpha value is -2.66. The molecule has 5 heteroatoms. The zero-order chi connectivity index (χ0) is 21.9. The molecule has 4 rings (SSSR count). The second-order valence-electron chi connectivity index (χ2n) is 9.48. The van der Waals surface area contributed by atoms with E-state index in [0.29, 0.717) is 19.5 Å². The largest absolute Gasteiger partial charge is 0.350 e. The van der Waals surface area contributed by atoms with E-state index in [4.69, 9.17) is 0 Å². The third kappa shape index (κ3) is 4.52. The first-order valence-electron chi connectivity index (χ1n) is 11.2. The van der Waals surface area contributed by atoms with Gasteiger partial charge >= 0.3 is 0 Å². The molecule has 0 aromatic heterocycles. The van der Waals surface area contributed by atoms with Gasteiger partial charge in [0.05, 0.1) is 6.54 Å². The molecule has 2 aromatic carbocycles. The third-order valence-corrected chi connectivity index (χ3v) is 7.38. The van der Waals surface area contributed by atoms with E-state index in [0.717, 1.165) is 31.2 Å². The zero-order valence-electron chi connectivity index (χ0n) is 18.6. The van der Waals surface area contributed by atoms with Gasteiger partial charge in [0.25, 0.3) is 0 Å². The average Bonchev–Trinajstić information content (AvgIpc) is 3.08. The van der Waals surface area contributed by atoms with Crippen molar-refractivity contribution in [3.8, 4) is 0 Å². The maximum Gasteiger partial charge on any atom is 0.239 e. The second-order valence-corrected chi connectivity index (χ2v) is 9.48. The Kier molecular flexibility index (Phi) is 6.15. The zero-order valence-corrected chi connectivity index (χ0v) is 18.6. The van der Waals surface area contributed by atoms with Gasteiger partial charge in [0, 0.05) is 25.0 Å². The lowest BCUT2D eigenvalue weighted by Gasteiger charge is -2.48. The van der Waals surface area contributed by atoms with Crippen LogP contribution in [-0.2, 0) is 21.7 Å². The summed E-state index contributed by atoms with van der Waals surface area (Å²) in [5, 5.41) is 2.95. The van der Waals surface area contributed by atoms with Crippen LogP contribution in [0.5, 0.6) is 0 Å². The fraction of sp³-hybridized carbons (Fsp3) is 0.462. The number of carbonyl (C=O) groups is 2. The lowest BCUT2D eigenvalue weighted by atomic mass is 9.64. The Labute approximate surface area is 185 Å². The maximum atomic E-state index is 12.8. The van der Waals surface area contributed by atoms with E-state index in [1.54, 1.807) is 4.90 Å². The first-order chi connectivity index (χ1) is 14.9. The molecule has 164 valence electrons. The molecule has 1 N–H and O–H groups in total. The van der Waals surface area contributed by atoms with Crippen molar-refractivity contribution < 1.29 is 9.59 Å². The van der Waals surface area contributed by atoms with Crippen molar-refractivity contribution in [3.05, 3.63) is 71.8 Å². The number of hydrogen-bond donors (Lipinski definition) is 1. The predicted octanol–water partition coefficient (Wildman–Crippen LogP) is 3.55. The number of carbonyl (C=O) groups excluding carboxylic acids is 2. The van der Waals surface area contributed by atoms with Gasteiger partial charge in [0.15, 0.2) is 0 Å². The number of hydrogen-bond acceptors (Lipinski definition) is 3. The first-order valence-corrected chi connectivity index (χ1v) is 11.2. The van der Waals surface area contributed by atoms with Crippen molar-refractivity contribution in [2.24, 2.45) is 5.41 Å². The summed E-state index contributed by atoms with van der Waals surface area (Å²) in [5.74, 6) is 0.0314. The van der Waals surface area contributed by atoms with E-state index >= 15 is 0 Å². The highest BCUT2D eigenvalue weighted by Gasteiger charge is 2.50. The topological polar surface area (TPSA) is 52.7 Å². The molecule has 1 heterocycles. The Morgan fingerprint density at radius 1 is 0.968 bits per heavy atom. The molecule has 1 saturated heterocycles. The van der Waals surface area contributed by atoms with E-state index < -0.39 is 0 Å². The molecule has 0 atom stereocenters. The van der Waals surface area contributed by atoms with Gasteiger partial charge in [0.2, 0.25) is 11.8 Å². The highest BCUT2D eigenvalue weighted by atomic mass is 16.2. The minimum absolute atomic E-state index is 0.00504. The van der Waals surface area contributed by atoms with Crippen LogP contribution in [0.2, 0.25) is 0 Å². The van der Waals surface area contributed by atoms with E-state index in [2.05, 4.69) is 54.6 Å². The molecule has 1 aliphatic carbocycles. The molecular weight excluding hydrogens is 386 g/mol. The maximum absolute atomic E-state index is 12.8. The minimum Gasteiger partial charge on any atom is -0.350 e. The van der Waals surface area contributed by atoms with Crippen LogP contribution in [0, 0.1) is 5.41 Å². The highest BCUT2D eigenvalue weighted by molar-refractivity contribution is 5.86. The van der Waals surface area contributed by atoms with Crippen LogP contribution in [-0.4, -0.2) is 48.8 Å². The summed E-state index contributed by atoms with van der Waals surface area (Å²) in [6.07, 6.45) is 4.65. The van der Waals surface area contributed by atoms with Crippen molar-refractivity contribution in [1.82, 2.24) is 15.1 Å². The molecule has 31 heavy (non-hydrogen) atoms. The van der Waals surface area contributed by atoms with Crippen LogP contribution in [0.25, 0.3) is 0 Å². The summed E-state index contributed by atoms with van der Waals surface area (Å²) in [4.78, 5) is 29.3. The average molecular weight is 420 g/mol. The SMILES string of the molecule is CN(C)[C@]1(c2ccccc2)CC[C@@]2(CC1)CC(=O)N(CC(=O)NCc1ccccc1)C2. The van der Waals surface area contributed by atoms with Gasteiger partial charge in [-0.2, -0.15) is 0 Å². The molecule has 2 amide bonds. The van der Waals surface area contributed by atoms with Gasteiger partial charge in [-0.05, 0) is 56.3 Å². The summed E-state index contributed by atoms with van der Waals surface area (Å²) in [5.41, 5.74) is 2.45.